The first-order valence-corrected chi connectivity index (χ1v) is 7.61. The molecule has 3 aromatic heterocycles. The number of pyridine rings is 2. The second kappa shape index (κ2) is 5.45. The van der Waals surface area contributed by atoms with Crippen molar-refractivity contribution in [1.82, 2.24) is 9.97 Å². The van der Waals surface area contributed by atoms with Crippen molar-refractivity contribution < 1.29 is 14.0 Å². The van der Waals surface area contributed by atoms with Crippen LogP contribution in [0, 0.1) is 13.8 Å². The zero-order valence-electron chi connectivity index (χ0n) is 20.3. The maximum Gasteiger partial charge on any atom is 0.227 e. The predicted molar refractivity (Wildman–Crippen MR) is 98.3 cm³/mol. The van der Waals surface area contributed by atoms with Crippen LogP contribution in [0.3, 0.4) is 0 Å². The fraction of sp³-hybridized carbons (Fsp3) is 0.238. The number of nitrogens with zero attached hydrogens (tertiary/aromatic N) is 2. The standard InChI is InChI=1S/C21H20N2O/c1-12(2)18-10-19(22-11-13(18)3)17-7-5-6-15-16-9-8-14(4)23-21(16)24-20(15)17/h5-12H,1-4H3/i1D3,3D3,12D. The predicted octanol–water partition coefficient (Wildman–Crippen LogP) is 5.78. The van der Waals surface area contributed by atoms with E-state index < -0.39 is 19.6 Å². The van der Waals surface area contributed by atoms with Gasteiger partial charge in [0.25, 0.3) is 0 Å². The van der Waals surface area contributed by atoms with Crippen molar-refractivity contribution in [2.75, 3.05) is 0 Å². The quantitative estimate of drug-likeness (QED) is 0.469. The Kier molecular flexibility index (Phi) is 2.04. The SMILES string of the molecule is [2H]C([2H])([2H])c1cnc(-c2cccc3c2oc2nc(C)ccc23)cc1C([2H])(C)C([2H])([2H])[2H]. The molecule has 0 radical (unpaired) electrons. The van der Waals surface area contributed by atoms with Crippen LogP contribution in [0.2, 0.25) is 0 Å². The van der Waals surface area contributed by atoms with Gasteiger partial charge in [-0.15, -0.1) is 0 Å². The Hall–Kier alpha value is -2.68. The molecule has 0 bridgehead atoms. The molecule has 3 nitrogen and oxygen atoms in total. The average molecular weight is 323 g/mol. The Bertz CT molecular complexity index is 1300. The zero-order chi connectivity index (χ0) is 22.8. The highest BCUT2D eigenvalue weighted by Crippen LogP contribution is 2.35. The molecule has 24 heavy (non-hydrogen) atoms. The fourth-order valence-electron chi connectivity index (χ4n) is 2.89. The van der Waals surface area contributed by atoms with Crippen LogP contribution in [0.4, 0.5) is 0 Å². The van der Waals surface area contributed by atoms with E-state index in [1.807, 2.05) is 31.2 Å². The van der Waals surface area contributed by atoms with E-state index >= 15 is 0 Å². The first kappa shape index (κ1) is 8.97. The number of para-hydroxylation sites is 1. The number of furan rings is 1. The van der Waals surface area contributed by atoms with E-state index in [1.165, 1.54) is 13.0 Å². The van der Waals surface area contributed by atoms with Gasteiger partial charge in [-0.05, 0) is 55.1 Å². The Morgan fingerprint density at radius 1 is 1.21 bits per heavy atom. The van der Waals surface area contributed by atoms with E-state index in [2.05, 4.69) is 9.97 Å². The van der Waals surface area contributed by atoms with Crippen LogP contribution in [0.5, 0.6) is 0 Å². The monoisotopic (exact) mass is 323 g/mol. The van der Waals surface area contributed by atoms with Crippen LogP contribution in [-0.4, -0.2) is 9.97 Å². The molecule has 0 spiro atoms. The third kappa shape index (κ3) is 2.28. The number of benzene rings is 1. The van der Waals surface area contributed by atoms with Crippen LogP contribution in [0.15, 0.2) is 47.0 Å². The molecule has 1 unspecified atom stereocenters. The van der Waals surface area contributed by atoms with Gasteiger partial charge >= 0.3 is 0 Å². The van der Waals surface area contributed by atoms with Gasteiger partial charge in [-0.1, -0.05) is 25.9 Å². The first-order valence-electron chi connectivity index (χ1n) is 11.1. The van der Waals surface area contributed by atoms with E-state index in [1.54, 1.807) is 6.07 Å². The van der Waals surface area contributed by atoms with E-state index in [0.717, 1.165) is 22.7 Å². The van der Waals surface area contributed by atoms with Crippen LogP contribution >= 0.6 is 0 Å². The molecule has 0 saturated carbocycles. The molecule has 4 aromatic rings. The number of hydrogen-bond acceptors (Lipinski definition) is 3. The topological polar surface area (TPSA) is 38.9 Å². The fourth-order valence-corrected chi connectivity index (χ4v) is 2.89. The Morgan fingerprint density at radius 3 is 2.96 bits per heavy atom. The van der Waals surface area contributed by atoms with Crippen molar-refractivity contribution in [3.8, 4) is 11.3 Å². The molecule has 0 saturated heterocycles. The molecule has 1 atom stereocenters. The molecular formula is C21H20N2O. The van der Waals surface area contributed by atoms with Gasteiger partial charge in [-0.2, -0.15) is 0 Å². The van der Waals surface area contributed by atoms with Crippen molar-refractivity contribution >= 4 is 22.1 Å². The second-order valence-corrected chi connectivity index (χ2v) is 5.83. The molecule has 120 valence electrons. The largest absolute Gasteiger partial charge is 0.437 e. The van der Waals surface area contributed by atoms with E-state index in [4.69, 9.17) is 14.0 Å². The summed E-state index contributed by atoms with van der Waals surface area (Å²) in [6.45, 7) is -2.29. The maximum absolute atomic E-state index is 8.50. The minimum atomic E-state index is -2.74. The van der Waals surface area contributed by atoms with Gasteiger partial charge < -0.3 is 4.42 Å². The highest BCUT2D eigenvalue weighted by molar-refractivity contribution is 6.08. The molecule has 0 aliphatic carbocycles. The lowest BCUT2D eigenvalue weighted by molar-refractivity contribution is 0.653. The Morgan fingerprint density at radius 2 is 2.12 bits per heavy atom. The number of rotatable bonds is 2. The minimum Gasteiger partial charge on any atom is -0.437 e. The average Bonchev–Trinajstić information content (AvgIpc) is 3.03. The molecular weight excluding hydrogens is 296 g/mol. The number of fused-ring (bicyclic) bond motifs is 3. The molecule has 3 heterocycles. The van der Waals surface area contributed by atoms with Gasteiger partial charge in [0.05, 0.1) is 5.69 Å². The lowest BCUT2D eigenvalue weighted by Crippen LogP contribution is -1.95. The van der Waals surface area contributed by atoms with Gasteiger partial charge in [0.2, 0.25) is 5.71 Å². The molecule has 0 aliphatic heterocycles. The molecule has 3 heteroatoms. The van der Waals surface area contributed by atoms with Crippen LogP contribution in [0.1, 0.15) is 46.1 Å². The molecule has 0 aliphatic rings. The van der Waals surface area contributed by atoms with E-state index in [0.29, 0.717) is 22.6 Å². The highest BCUT2D eigenvalue weighted by Gasteiger charge is 2.15. The van der Waals surface area contributed by atoms with E-state index in [9.17, 15) is 0 Å². The van der Waals surface area contributed by atoms with Gasteiger partial charge in [0.15, 0.2) is 0 Å². The van der Waals surface area contributed by atoms with Crippen molar-refractivity contribution in [1.29, 1.82) is 0 Å². The normalized spacial score (nSPS) is 19.5. The van der Waals surface area contributed by atoms with Crippen LogP contribution < -0.4 is 0 Å². The Balaban J connectivity index is 2.00. The summed E-state index contributed by atoms with van der Waals surface area (Å²) >= 11 is 0. The lowest BCUT2D eigenvalue weighted by Gasteiger charge is -2.11. The van der Waals surface area contributed by atoms with Crippen molar-refractivity contribution in [2.24, 2.45) is 0 Å². The minimum absolute atomic E-state index is 0.111. The van der Waals surface area contributed by atoms with Crippen molar-refractivity contribution in [3.63, 3.8) is 0 Å². The highest BCUT2D eigenvalue weighted by atomic mass is 16.3. The van der Waals surface area contributed by atoms with Crippen molar-refractivity contribution in [2.45, 2.75) is 33.4 Å². The third-order valence-corrected chi connectivity index (χ3v) is 4.09. The summed E-state index contributed by atoms with van der Waals surface area (Å²) in [5, 5.41) is 1.64. The third-order valence-electron chi connectivity index (χ3n) is 4.09. The summed E-state index contributed by atoms with van der Waals surface area (Å²) in [7, 11) is 0. The van der Waals surface area contributed by atoms with Crippen LogP contribution in [-0.2, 0) is 0 Å². The summed E-state index contributed by atoms with van der Waals surface area (Å²) in [5.41, 5.74) is 2.31. The van der Waals surface area contributed by atoms with Gasteiger partial charge in [0, 0.05) is 37.8 Å². The summed E-state index contributed by atoms with van der Waals surface area (Å²) in [6, 6.07) is 10.6. The summed E-state index contributed by atoms with van der Waals surface area (Å²) in [6.07, 6.45) is 1.14. The summed E-state index contributed by atoms with van der Waals surface area (Å²) < 4.78 is 61.2. The summed E-state index contributed by atoms with van der Waals surface area (Å²) in [5.74, 6) is -2.14. The number of aryl methyl sites for hydroxylation is 2. The van der Waals surface area contributed by atoms with Crippen molar-refractivity contribution in [3.05, 3.63) is 59.4 Å². The van der Waals surface area contributed by atoms with Gasteiger partial charge in [0.1, 0.15) is 5.58 Å². The van der Waals surface area contributed by atoms with Gasteiger partial charge in [-0.3, -0.25) is 4.98 Å². The molecule has 4 rings (SSSR count). The lowest BCUT2D eigenvalue weighted by atomic mass is 9.97. The molecule has 0 amide bonds. The molecule has 0 N–H and O–H groups in total. The smallest absolute Gasteiger partial charge is 0.227 e. The van der Waals surface area contributed by atoms with E-state index in [-0.39, 0.29) is 11.1 Å². The number of aromatic nitrogens is 2. The maximum atomic E-state index is 8.50. The molecule has 0 fully saturated rings. The number of hydrogen-bond donors (Lipinski definition) is 0. The summed E-state index contributed by atoms with van der Waals surface area (Å²) in [4.78, 5) is 8.72. The first-order chi connectivity index (χ1) is 14.3. The van der Waals surface area contributed by atoms with Crippen LogP contribution in [0.25, 0.3) is 33.3 Å². The zero-order valence-corrected chi connectivity index (χ0v) is 13.3. The van der Waals surface area contributed by atoms with Gasteiger partial charge in [-0.25, -0.2) is 4.98 Å². The second-order valence-electron chi connectivity index (χ2n) is 5.83. The Labute approximate surface area is 151 Å². The molecule has 1 aromatic carbocycles.